The first-order valence-corrected chi connectivity index (χ1v) is 7.42. The van der Waals surface area contributed by atoms with Crippen molar-refractivity contribution in [1.82, 2.24) is 19.9 Å². The molecular weight excluding hydrogens is 236 g/mol. The molecule has 0 saturated heterocycles. The highest BCUT2D eigenvalue weighted by Gasteiger charge is 2.16. The van der Waals surface area contributed by atoms with Crippen molar-refractivity contribution in [2.75, 3.05) is 0 Å². The maximum atomic E-state index is 4.73. The molecule has 0 atom stereocenters. The first-order valence-electron chi connectivity index (χ1n) is 7.42. The van der Waals surface area contributed by atoms with Gasteiger partial charge in [0, 0.05) is 18.8 Å². The smallest absolute Gasteiger partial charge is 0.160 e. The maximum Gasteiger partial charge on any atom is 0.160 e. The van der Waals surface area contributed by atoms with Crippen LogP contribution in [0.2, 0.25) is 0 Å². The molecule has 0 aliphatic heterocycles. The van der Waals surface area contributed by atoms with E-state index < -0.39 is 0 Å². The largest absolute Gasteiger partial charge is 0.312 e. The fourth-order valence-corrected chi connectivity index (χ4v) is 2.96. The van der Waals surface area contributed by atoms with E-state index in [1.807, 2.05) is 18.3 Å². The van der Waals surface area contributed by atoms with Crippen molar-refractivity contribution < 1.29 is 0 Å². The number of nitrogens with zero attached hydrogens (tertiary/aromatic N) is 3. The van der Waals surface area contributed by atoms with E-state index in [1.165, 1.54) is 25.7 Å². The molecule has 3 rings (SSSR count). The highest BCUT2D eigenvalue weighted by atomic mass is 15.1. The lowest BCUT2D eigenvalue weighted by atomic mass is 10.2. The van der Waals surface area contributed by atoms with Crippen LogP contribution in [0.25, 0.3) is 11.2 Å². The van der Waals surface area contributed by atoms with E-state index in [2.05, 4.69) is 21.8 Å². The topological polar surface area (TPSA) is 42.7 Å². The fourth-order valence-electron chi connectivity index (χ4n) is 2.96. The van der Waals surface area contributed by atoms with Crippen molar-refractivity contribution in [3.63, 3.8) is 0 Å². The Bertz CT molecular complexity index is 540. The molecule has 1 aliphatic carbocycles. The third kappa shape index (κ3) is 2.63. The van der Waals surface area contributed by atoms with Gasteiger partial charge in [0.1, 0.15) is 11.3 Å². The SMILES string of the molecule is CCCn1c(CNC2CCCC2)nc2cccnc21. The fraction of sp³-hybridized carbons (Fsp3) is 0.600. The quantitative estimate of drug-likeness (QED) is 0.896. The molecule has 1 aliphatic rings. The molecular formula is C15H22N4. The average molecular weight is 258 g/mol. The molecule has 0 amide bonds. The Balaban J connectivity index is 1.82. The van der Waals surface area contributed by atoms with Gasteiger partial charge in [-0.1, -0.05) is 19.8 Å². The predicted molar refractivity (Wildman–Crippen MR) is 76.9 cm³/mol. The van der Waals surface area contributed by atoms with Gasteiger partial charge in [0.2, 0.25) is 0 Å². The van der Waals surface area contributed by atoms with Gasteiger partial charge >= 0.3 is 0 Å². The summed E-state index contributed by atoms with van der Waals surface area (Å²) in [6, 6.07) is 4.69. The molecule has 19 heavy (non-hydrogen) atoms. The molecule has 0 bridgehead atoms. The summed E-state index contributed by atoms with van der Waals surface area (Å²) in [5, 5.41) is 3.65. The molecule has 0 aromatic carbocycles. The first kappa shape index (κ1) is 12.6. The Hall–Kier alpha value is -1.42. The Kier molecular flexibility index (Phi) is 3.78. The maximum absolute atomic E-state index is 4.73. The molecule has 2 heterocycles. The van der Waals surface area contributed by atoms with Gasteiger partial charge in [0.25, 0.3) is 0 Å². The van der Waals surface area contributed by atoms with E-state index in [9.17, 15) is 0 Å². The van der Waals surface area contributed by atoms with Gasteiger partial charge in [-0.15, -0.1) is 0 Å². The Morgan fingerprint density at radius 1 is 1.37 bits per heavy atom. The second kappa shape index (κ2) is 5.70. The van der Waals surface area contributed by atoms with Crippen LogP contribution in [-0.4, -0.2) is 20.6 Å². The Labute approximate surface area is 114 Å². The molecule has 4 nitrogen and oxygen atoms in total. The number of rotatable bonds is 5. The van der Waals surface area contributed by atoms with Gasteiger partial charge in [0.15, 0.2) is 5.65 Å². The third-order valence-corrected chi connectivity index (χ3v) is 3.93. The molecule has 0 radical (unpaired) electrons. The summed E-state index contributed by atoms with van der Waals surface area (Å²) < 4.78 is 2.26. The summed E-state index contributed by atoms with van der Waals surface area (Å²) >= 11 is 0. The van der Waals surface area contributed by atoms with Crippen LogP contribution in [0.1, 0.15) is 44.9 Å². The minimum atomic E-state index is 0.683. The van der Waals surface area contributed by atoms with E-state index in [-0.39, 0.29) is 0 Å². The molecule has 2 aromatic heterocycles. The number of aryl methyl sites for hydroxylation is 1. The van der Waals surface area contributed by atoms with Crippen LogP contribution in [0, 0.1) is 0 Å². The van der Waals surface area contributed by atoms with Gasteiger partial charge in [-0.05, 0) is 31.4 Å². The van der Waals surface area contributed by atoms with Gasteiger partial charge in [-0.25, -0.2) is 9.97 Å². The number of pyridine rings is 1. The molecule has 1 saturated carbocycles. The Morgan fingerprint density at radius 2 is 2.21 bits per heavy atom. The van der Waals surface area contributed by atoms with Gasteiger partial charge < -0.3 is 9.88 Å². The second-order valence-corrected chi connectivity index (χ2v) is 5.39. The normalized spacial score (nSPS) is 16.5. The van der Waals surface area contributed by atoms with E-state index >= 15 is 0 Å². The van der Waals surface area contributed by atoms with Gasteiger partial charge in [-0.3, -0.25) is 0 Å². The van der Waals surface area contributed by atoms with E-state index in [0.717, 1.165) is 36.5 Å². The molecule has 2 aromatic rings. The molecule has 102 valence electrons. The van der Waals surface area contributed by atoms with Crippen molar-refractivity contribution in [2.24, 2.45) is 0 Å². The van der Waals surface area contributed by atoms with Gasteiger partial charge in [0.05, 0.1) is 6.54 Å². The highest BCUT2D eigenvalue weighted by molar-refractivity contribution is 5.71. The van der Waals surface area contributed by atoms with E-state index in [1.54, 1.807) is 0 Å². The number of aromatic nitrogens is 3. The number of imidazole rings is 1. The summed E-state index contributed by atoms with van der Waals surface area (Å²) in [6.07, 6.45) is 8.32. The summed E-state index contributed by atoms with van der Waals surface area (Å²) in [7, 11) is 0. The third-order valence-electron chi connectivity index (χ3n) is 3.93. The molecule has 0 spiro atoms. The molecule has 4 heteroatoms. The average Bonchev–Trinajstić information content (AvgIpc) is 3.05. The molecule has 1 N–H and O–H groups in total. The summed E-state index contributed by atoms with van der Waals surface area (Å²) in [4.78, 5) is 9.20. The summed E-state index contributed by atoms with van der Waals surface area (Å²) in [5.74, 6) is 1.13. The lowest BCUT2D eigenvalue weighted by Gasteiger charge is -2.12. The van der Waals surface area contributed by atoms with Crippen molar-refractivity contribution >= 4 is 11.2 Å². The van der Waals surface area contributed by atoms with Crippen LogP contribution in [-0.2, 0) is 13.1 Å². The molecule has 0 unspecified atom stereocenters. The summed E-state index contributed by atoms with van der Waals surface area (Å²) in [5.41, 5.74) is 2.03. The zero-order chi connectivity index (χ0) is 13.1. The van der Waals surface area contributed by atoms with Crippen LogP contribution in [0.3, 0.4) is 0 Å². The number of nitrogens with one attached hydrogen (secondary N) is 1. The lowest BCUT2D eigenvalue weighted by molar-refractivity contribution is 0.499. The second-order valence-electron chi connectivity index (χ2n) is 5.39. The number of fused-ring (bicyclic) bond motifs is 1. The number of hydrogen-bond acceptors (Lipinski definition) is 3. The van der Waals surface area contributed by atoms with Crippen LogP contribution in [0.15, 0.2) is 18.3 Å². The van der Waals surface area contributed by atoms with Crippen molar-refractivity contribution in [3.05, 3.63) is 24.2 Å². The Morgan fingerprint density at radius 3 is 3.00 bits per heavy atom. The zero-order valence-electron chi connectivity index (χ0n) is 11.6. The van der Waals surface area contributed by atoms with Crippen LogP contribution >= 0.6 is 0 Å². The minimum Gasteiger partial charge on any atom is -0.312 e. The van der Waals surface area contributed by atoms with Crippen molar-refractivity contribution in [2.45, 2.75) is 58.2 Å². The number of hydrogen-bond donors (Lipinski definition) is 1. The highest BCUT2D eigenvalue weighted by Crippen LogP contribution is 2.19. The van der Waals surface area contributed by atoms with Crippen molar-refractivity contribution in [1.29, 1.82) is 0 Å². The standard InChI is InChI=1S/C15H22N4/c1-2-10-19-14(11-17-12-6-3-4-7-12)18-13-8-5-9-16-15(13)19/h5,8-9,12,17H,2-4,6-7,10-11H2,1H3. The zero-order valence-corrected chi connectivity index (χ0v) is 11.6. The van der Waals surface area contributed by atoms with Crippen LogP contribution in [0.4, 0.5) is 0 Å². The first-order chi connectivity index (χ1) is 9.38. The van der Waals surface area contributed by atoms with Gasteiger partial charge in [-0.2, -0.15) is 0 Å². The van der Waals surface area contributed by atoms with Crippen molar-refractivity contribution in [3.8, 4) is 0 Å². The molecule has 1 fully saturated rings. The predicted octanol–water partition coefficient (Wildman–Crippen LogP) is 2.87. The van der Waals surface area contributed by atoms with E-state index in [4.69, 9.17) is 4.98 Å². The lowest BCUT2D eigenvalue weighted by Crippen LogP contribution is -2.27. The summed E-state index contributed by atoms with van der Waals surface area (Å²) in [6.45, 7) is 4.05. The minimum absolute atomic E-state index is 0.683. The monoisotopic (exact) mass is 258 g/mol. The van der Waals surface area contributed by atoms with Crippen LogP contribution < -0.4 is 5.32 Å². The van der Waals surface area contributed by atoms with E-state index in [0.29, 0.717) is 6.04 Å². The van der Waals surface area contributed by atoms with Crippen LogP contribution in [0.5, 0.6) is 0 Å².